The van der Waals surface area contributed by atoms with Crippen LogP contribution in [0.25, 0.3) is 10.9 Å². The van der Waals surface area contributed by atoms with E-state index in [0.29, 0.717) is 17.3 Å². The summed E-state index contributed by atoms with van der Waals surface area (Å²) in [5, 5.41) is 10.6. The molecule has 0 aliphatic carbocycles. The Hall–Kier alpha value is -1.50. The maximum atomic E-state index is 12.6. The zero-order chi connectivity index (χ0) is 14.4. The molecule has 3 rings (SSSR count). The number of fused-ring (bicyclic) bond motifs is 1. The van der Waals surface area contributed by atoms with Gasteiger partial charge >= 0.3 is 0 Å². The summed E-state index contributed by atoms with van der Waals surface area (Å²) >= 11 is 0. The van der Waals surface area contributed by atoms with Gasteiger partial charge in [-0.2, -0.15) is 4.31 Å². The Balaban J connectivity index is 2.03. The van der Waals surface area contributed by atoms with Crippen LogP contribution in [0.4, 0.5) is 0 Å². The molecule has 0 saturated carbocycles. The number of β-amino-alcohol motifs (C(OH)–C–C–N with tert-alkyl or cyclic N) is 1. The van der Waals surface area contributed by atoms with Crippen LogP contribution < -0.4 is 0 Å². The highest BCUT2D eigenvalue weighted by Crippen LogP contribution is 2.32. The maximum Gasteiger partial charge on any atom is 0.243 e. The molecule has 0 radical (unpaired) electrons. The lowest BCUT2D eigenvalue weighted by molar-refractivity contribution is -0.0613. The predicted molar refractivity (Wildman–Crippen MR) is 75.7 cm³/mol. The second kappa shape index (κ2) is 4.51. The molecule has 1 aliphatic heterocycles. The van der Waals surface area contributed by atoms with Crippen molar-refractivity contribution >= 4 is 20.9 Å². The molecule has 1 fully saturated rings. The van der Waals surface area contributed by atoms with Gasteiger partial charge in [0.1, 0.15) is 0 Å². The lowest BCUT2D eigenvalue weighted by Gasteiger charge is -2.44. The Bertz CT molecular complexity index is 747. The Kier molecular flexibility index (Phi) is 3.04. The summed E-state index contributed by atoms with van der Waals surface area (Å²) in [4.78, 5) is 4.42. The van der Waals surface area contributed by atoms with E-state index in [2.05, 4.69) is 4.98 Å². The molecule has 20 heavy (non-hydrogen) atoms. The molecule has 1 aromatic carbocycles. The first-order valence-electron chi connectivity index (χ1n) is 6.53. The number of pyridine rings is 1. The number of rotatable bonds is 3. The van der Waals surface area contributed by atoms with Crippen LogP contribution in [0.15, 0.2) is 41.4 Å². The summed E-state index contributed by atoms with van der Waals surface area (Å²) in [6.45, 7) is 2.16. The lowest BCUT2D eigenvalue weighted by Crippen LogP contribution is -2.62. The van der Waals surface area contributed by atoms with Crippen molar-refractivity contribution in [3.63, 3.8) is 0 Å². The van der Waals surface area contributed by atoms with Gasteiger partial charge in [-0.25, -0.2) is 8.42 Å². The molecule has 1 saturated heterocycles. The molecular formula is C14H16N2O3S. The van der Waals surface area contributed by atoms with Crippen molar-refractivity contribution in [1.29, 1.82) is 0 Å². The van der Waals surface area contributed by atoms with Gasteiger partial charge in [-0.05, 0) is 30.7 Å². The lowest BCUT2D eigenvalue weighted by atomic mass is 9.94. The molecule has 0 spiro atoms. The zero-order valence-corrected chi connectivity index (χ0v) is 12.0. The third-order valence-corrected chi connectivity index (χ3v) is 5.67. The average molecular weight is 292 g/mol. The molecule has 1 aromatic heterocycles. The van der Waals surface area contributed by atoms with Crippen LogP contribution in [0.1, 0.15) is 13.3 Å². The third-order valence-electron chi connectivity index (χ3n) is 3.82. The van der Waals surface area contributed by atoms with Crippen LogP contribution in [0.5, 0.6) is 0 Å². The topological polar surface area (TPSA) is 70.5 Å². The number of aromatic nitrogens is 1. The molecular weight excluding hydrogens is 276 g/mol. The van der Waals surface area contributed by atoms with Crippen molar-refractivity contribution in [2.75, 3.05) is 13.1 Å². The van der Waals surface area contributed by atoms with Gasteiger partial charge in [0.25, 0.3) is 0 Å². The minimum absolute atomic E-state index is 0.155. The van der Waals surface area contributed by atoms with Crippen LogP contribution in [-0.2, 0) is 10.0 Å². The van der Waals surface area contributed by atoms with E-state index >= 15 is 0 Å². The van der Waals surface area contributed by atoms with Gasteiger partial charge in [0.15, 0.2) is 0 Å². The number of hydrogen-bond donors (Lipinski definition) is 1. The normalized spacial score (nSPS) is 18.9. The smallest absolute Gasteiger partial charge is 0.243 e. The SMILES string of the molecule is CCC1(O)CN(S(=O)(=O)c2cccc3ncccc23)C1. The summed E-state index contributed by atoms with van der Waals surface area (Å²) in [6, 6.07) is 8.53. The Morgan fingerprint density at radius 3 is 2.75 bits per heavy atom. The van der Waals surface area contributed by atoms with Crippen molar-refractivity contribution in [2.24, 2.45) is 0 Å². The van der Waals surface area contributed by atoms with E-state index in [4.69, 9.17) is 0 Å². The molecule has 1 N–H and O–H groups in total. The molecule has 5 nitrogen and oxygen atoms in total. The van der Waals surface area contributed by atoms with E-state index in [1.807, 2.05) is 6.92 Å². The first kappa shape index (κ1) is 13.5. The highest BCUT2D eigenvalue weighted by atomic mass is 32.2. The summed E-state index contributed by atoms with van der Waals surface area (Å²) in [7, 11) is -3.58. The van der Waals surface area contributed by atoms with Crippen LogP contribution >= 0.6 is 0 Å². The molecule has 0 unspecified atom stereocenters. The Morgan fingerprint density at radius 2 is 2.05 bits per heavy atom. The standard InChI is InChI=1S/C14H16N2O3S/c1-2-14(17)9-16(10-14)20(18,19)13-7-3-6-12-11(13)5-4-8-15-12/h3-8,17H,2,9-10H2,1H3. The van der Waals surface area contributed by atoms with Crippen LogP contribution in [-0.4, -0.2) is 41.5 Å². The van der Waals surface area contributed by atoms with E-state index in [-0.39, 0.29) is 18.0 Å². The number of hydrogen-bond acceptors (Lipinski definition) is 4. The van der Waals surface area contributed by atoms with Gasteiger partial charge < -0.3 is 5.11 Å². The van der Waals surface area contributed by atoms with E-state index in [0.717, 1.165) is 0 Å². The van der Waals surface area contributed by atoms with Crippen molar-refractivity contribution in [2.45, 2.75) is 23.8 Å². The quantitative estimate of drug-likeness (QED) is 0.928. The van der Waals surface area contributed by atoms with Crippen LogP contribution in [0, 0.1) is 0 Å². The molecule has 0 amide bonds. The average Bonchev–Trinajstić information content (AvgIpc) is 2.43. The van der Waals surface area contributed by atoms with E-state index in [9.17, 15) is 13.5 Å². The van der Waals surface area contributed by atoms with Crippen molar-refractivity contribution < 1.29 is 13.5 Å². The van der Waals surface area contributed by atoms with E-state index in [1.165, 1.54) is 4.31 Å². The first-order valence-corrected chi connectivity index (χ1v) is 7.97. The van der Waals surface area contributed by atoms with Crippen molar-refractivity contribution in [1.82, 2.24) is 9.29 Å². The minimum Gasteiger partial charge on any atom is -0.387 e. The summed E-state index contributed by atoms with van der Waals surface area (Å²) < 4.78 is 26.6. The Morgan fingerprint density at radius 1 is 1.30 bits per heavy atom. The molecule has 2 heterocycles. The molecule has 106 valence electrons. The molecule has 0 atom stereocenters. The van der Waals surface area contributed by atoms with Crippen LogP contribution in [0.3, 0.4) is 0 Å². The highest BCUT2D eigenvalue weighted by molar-refractivity contribution is 7.89. The van der Waals surface area contributed by atoms with Gasteiger partial charge in [-0.3, -0.25) is 4.98 Å². The van der Waals surface area contributed by atoms with Crippen molar-refractivity contribution in [3.05, 3.63) is 36.5 Å². The van der Waals surface area contributed by atoms with E-state index in [1.54, 1.807) is 36.5 Å². The summed E-state index contributed by atoms with van der Waals surface area (Å²) in [6.07, 6.45) is 2.19. The summed E-state index contributed by atoms with van der Waals surface area (Å²) in [5.41, 5.74) is -0.226. The summed E-state index contributed by atoms with van der Waals surface area (Å²) in [5.74, 6) is 0. The third kappa shape index (κ3) is 2.00. The van der Waals surface area contributed by atoms with E-state index < -0.39 is 15.6 Å². The first-order chi connectivity index (χ1) is 9.46. The van der Waals surface area contributed by atoms with Crippen LogP contribution in [0.2, 0.25) is 0 Å². The molecule has 0 bridgehead atoms. The molecule has 1 aliphatic rings. The van der Waals surface area contributed by atoms with Gasteiger partial charge in [0, 0.05) is 24.7 Å². The monoisotopic (exact) mass is 292 g/mol. The van der Waals surface area contributed by atoms with Gasteiger partial charge in [0.05, 0.1) is 16.0 Å². The molecule has 2 aromatic rings. The number of aliphatic hydroxyl groups is 1. The fourth-order valence-electron chi connectivity index (χ4n) is 2.44. The predicted octanol–water partition coefficient (Wildman–Crippen LogP) is 1.38. The zero-order valence-electron chi connectivity index (χ0n) is 11.2. The minimum atomic E-state index is -3.58. The maximum absolute atomic E-state index is 12.6. The number of benzene rings is 1. The fourth-order valence-corrected chi connectivity index (χ4v) is 4.24. The van der Waals surface area contributed by atoms with Gasteiger partial charge in [0.2, 0.25) is 10.0 Å². The highest BCUT2D eigenvalue weighted by Gasteiger charge is 2.46. The fraction of sp³-hybridized carbons (Fsp3) is 0.357. The number of nitrogens with zero attached hydrogens (tertiary/aromatic N) is 2. The second-order valence-corrected chi connectivity index (χ2v) is 7.08. The molecule has 6 heteroatoms. The van der Waals surface area contributed by atoms with Crippen molar-refractivity contribution in [3.8, 4) is 0 Å². The Labute approximate surface area is 117 Å². The van der Waals surface area contributed by atoms with Gasteiger partial charge in [-0.1, -0.05) is 13.0 Å². The number of sulfonamides is 1. The second-order valence-electron chi connectivity index (χ2n) is 5.18. The largest absolute Gasteiger partial charge is 0.387 e. The van der Waals surface area contributed by atoms with Gasteiger partial charge in [-0.15, -0.1) is 0 Å².